The molecule has 1 aromatic heterocycles. The molecule has 13 heavy (non-hydrogen) atoms. The summed E-state index contributed by atoms with van der Waals surface area (Å²) in [7, 11) is 2.04. The molecular weight excluding hydrogens is 164 g/mol. The van der Waals surface area contributed by atoms with Crippen LogP contribution in [0.3, 0.4) is 0 Å². The van der Waals surface area contributed by atoms with Crippen molar-refractivity contribution >= 4 is 0 Å². The Morgan fingerprint density at radius 2 is 2.23 bits per heavy atom. The van der Waals surface area contributed by atoms with Crippen molar-refractivity contribution in [1.29, 1.82) is 0 Å². The second-order valence-electron chi connectivity index (χ2n) is 4.24. The van der Waals surface area contributed by atoms with Crippen LogP contribution >= 0.6 is 0 Å². The summed E-state index contributed by atoms with van der Waals surface area (Å²) in [5.74, 6) is 0.978. The van der Waals surface area contributed by atoms with E-state index in [1.165, 1.54) is 0 Å². The fourth-order valence-corrected chi connectivity index (χ4v) is 1.42. The van der Waals surface area contributed by atoms with Gasteiger partial charge in [0.25, 0.3) is 0 Å². The number of furan rings is 1. The van der Waals surface area contributed by atoms with Gasteiger partial charge in [0.1, 0.15) is 5.76 Å². The van der Waals surface area contributed by atoms with Crippen LogP contribution < -0.4 is 5.73 Å². The molecule has 2 N–H and O–H groups in total. The van der Waals surface area contributed by atoms with Crippen molar-refractivity contribution in [3.8, 4) is 0 Å². The molecule has 0 aliphatic heterocycles. The maximum Gasteiger partial charge on any atom is 0.117 e. The summed E-state index contributed by atoms with van der Waals surface area (Å²) in [6.07, 6.45) is 1.69. The molecule has 0 saturated heterocycles. The summed E-state index contributed by atoms with van der Waals surface area (Å²) in [5.41, 5.74) is 5.74. The van der Waals surface area contributed by atoms with Crippen LogP contribution in [-0.4, -0.2) is 24.0 Å². The lowest BCUT2D eigenvalue weighted by Gasteiger charge is -2.25. The van der Waals surface area contributed by atoms with Crippen LogP contribution in [-0.2, 0) is 6.54 Å². The minimum atomic E-state index is -0.151. The number of nitrogens with zero attached hydrogens (tertiary/aromatic N) is 1. The van der Waals surface area contributed by atoms with Crippen molar-refractivity contribution in [2.45, 2.75) is 25.9 Å². The van der Waals surface area contributed by atoms with Crippen molar-refractivity contribution in [1.82, 2.24) is 4.90 Å². The third-order valence-corrected chi connectivity index (χ3v) is 1.68. The first-order valence-corrected chi connectivity index (χ1v) is 4.47. The first-order valence-electron chi connectivity index (χ1n) is 4.47. The molecule has 74 valence electrons. The maximum atomic E-state index is 5.89. The van der Waals surface area contributed by atoms with Crippen LogP contribution in [0.25, 0.3) is 0 Å². The van der Waals surface area contributed by atoms with Crippen LogP contribution in [0.5, 0.6) is 0 Å². The Bertz CT molecular complexity index is 236. The average molecular weight is 182 g/mol. The van der Waals surface area contributed by atoms with E-state index < -0.39 is 0 Å². The fraction of sp³-hybridized carbons (Fsp3) is 0.600. The second kappa shape index (κ2) is 3.94. The molecule has 0 bridgehead atoms. The molecule has 0 radical (unpaired) electrons. The van der Waals surface area contributed by atoms with Crippen LogP contribution in [0.2, 0.25) is 0 Å². The normalized spacial score (nSPS) is 12.4. The van der Waals surface area contributed by atoms with Crippen molar-refractivity contribution in [2.75, 3.05) is 13.6 Å². The number of likely N-dealkylation sites (N-methyl/N-ethyl adjacent to an activating group) is 1. The predicted molar refractivity (Wildman–Crippen MR) is 53.3 cm³/mol. The zero-order valence-corrected chi connectivity index (χ0v) is 8.58. The van der Waals surface area contributed by atoms with Gasteiger partial charge in [-0.1, -0.05) is 0 Å². The summed E-state index contributed by atoms with van der Waals surface area (Å²) in [4.78, 5) is 2.15. The van der Waals surface area contributed by atoms with Gasteiger partial charge in [-0.25, -0.2) is 0 Å². The molecule has 0 saturated carbocycles. The maximum absolute atomic E-state index is 5.89. The summed E-state index contributed by atoms with van der Waals surface area (Å²) in [5, 5.41) is 0. The van der Waals surface area contributed by atoms with Crippen LogP contribution in [0.15, 0.2) is 22.8 Å². The molecule has 0 unspecified atom stereocenters. The molecular formula is C10H18N2O. The lowest BCUT2D eigenvalue weighted by Crippen LogP contribution is -2.43. The molecule has 0 spiro atoms. The number of hydrogen-bond acceptors (Lipinski definition) is 3. The molecule has 0 atom stereocenters. The van der Waals surface area contributed by atoms with Crippen molar-refractivity contribution < 1.29 is 4.42 Å². The van der Waals surface area contributed by atoms with Crippen molar-refractivity contribution in [3.63, 3.8) is 0 Å². The van der Waals surface area contributed by atoms with Gasteiger partial charge in [-0.2, -0.15) is 0 Å². The van der Waals surface area contributed by atoms with E-state index in [1.54, 1.807) is 6.26 Å². The van der Waals surface area contributed by atoms with E-state index in [-0.39, 0.29) is 5.54 Å². The second-order valence-corrected chi connectivity index (χ2v) is 4.24. The van der Waals surface area contributed by atoms with Crippen molar-refractivity contribution in [2.24, 2.45) is 5.73 Å². The Hall–Kier alpha value is -0.800. The van der Waals surface area contributed by atoms with Gasteiger partial charge in [0, 0.05) is 12.1 Å². The summed E-state index contributed by atoms with van der Waals surface area (Å²) >= 11 is 0. The molecule has 3 nitrogen and oxygen atoms in total. The first-order chi connectivity index (χ1) is 5.97. The van der Waals surface area contributed by atoms with Gasteiger partial charge in [-0.05, 0) is 33.0 Å². The monoisotopic (exact) mass is 182 g/mol. The van der Waals surface area contributed by atoms with Gasteiger partial charge in [0.2, 0.25) is 0 Å². The van der Waals surface area contributed by atoms with E-state index in [4.69, 9.17) is 10.2 Å². The SMILES string of the molecule is CN(Cc1ccco1)CC(C)(C)N. The summed E-state index contributed by atoms with van der Waals surface area (Å²) in [6.45, 7) is 5.71. The molecule has 0 amide bonds. The van der Waals surface area contributed by atoms with Crippen LogP contribution in [0.1, 0.15) is 19.6 Å². The highest BCUT2D eigenvalue weighted by atomic mass is 16.3. The standard InChI is InChI=1S/C10H18N2O/c1-10(2,11)8-12(3)7-9-5-4-6-13-9/h4-6H,7-8,11H2,1-3H3. The average Bonchev–Trinajstić information content (AvgIpc) is 2.34. The quantitative estimate of drug-likeness (QED) is 0.766. The molecule has 1 aromatic rings. The Balaban J connectivity index is 2.38. The lowest BCUT2D eigenvalue weighted by atomic mass is 10.1. The smallest absolute Gasteiger partial charge is 0.117 e. The Labute approximate surface area is 79.5 Å². The Morgan fingerprint density at radius 1 is 1.54 bits per heavy atom. The zero-order chi connectivity index (χ0) is 9.90. The van der Waals surface area contributed by atoms with Gasteiger partial charge in [-0.15, -0.1) is 0 Å². The summed E-state index contributed by atoms with van der Waals surface area (Å²) < 4.78 is 5.24. The predicted octanol–water partition coefficient (Wildman–Crippen LogP) is 1.45. The Kier molecular flexibility index (Phi) is 3.12. The highest BCUT2D eigenvalue weighted by Crippen LogP contribution is 2.06. The van der Waals surface area contributed by atoms with Gasteiger partial charge in [0.05, 0.1) is 12.8 Å². The first kappa shape index (κ1) is 10.3. The molecule has 0 aliphatic carbocycles. The molecule has 3 heteroatoms. The van der Waals surface area contributed by atoms with Crippen LogP contribution in [0, 0.1) is 0 Å². The number of hydrogen-bond donors (Lipinski definition) is 1. The van der Waals surface area contributed by atoms with E-state index in [9.17, 15) is 0 Å². The Morgan fingerprint density at radius 3 is 2.69 bits per heavy atom. The van der Waals surface area contributed by atoms with E-state index >= 15 is 0 Å². The number of rotatable bonds is 4. The topological polar surface area (TPSA) is 42.4 Å². The molecule has 0 aliphatic rings. The van der Waals surface area contributed by atoms with Gasteiger partial charge in [-0.3, -0.25) is 4.90 Å². The minimum Gasteiger partial charge on any atom is -0.468 e. The molecule has 1 rings (SSSR count). The third-order valence-electron chi connectivity index (χ3n) is 1.68. The summed E-state index contributed by atoms with van der Waals surface area (Å²) in [6, 6.07) is 3.87. The van der Waals surface area contributed by atoms with Gasteiger partial charge in [0.15, 0.2) is 0 Å². The largest absolute Gasteiger partial charge is 0.468 e. The molecule has 0 aromatic carbocycles. The van der Waals surface area contributed by atoms with Crippen LogP contribution in [0.4, 0.5) is 0 Å². The van der Waals surface area contributed by atoms with E-state index in [2.05, 4.69) is 4.90 Å². The van der Waals surface area contributed by atoms with Gasteiger partial charge < -0.3 is 10.2 Å². The van der Waals surface area contributed by atoms with Gasteiger partial charge >= 0.3 is 0 Å². The molecule has 1 heterocycles. The molecule has 0 fully saturated rings. The highest BCUT2D eigenvalue weighted by molar-refractivity contribution is 4.97. The van der Waals surface area contributed by atoms with E-state index in [0.29, 0.717) is 0 Å². The van der Waals surface area contributed by atoms with Crippen molar-refractivity contribution in [3.05, 3.63) is 24.2 Å². The number of nitrogens with two attached hydrogens (primary N) is 1. The van der Waals surface area contributed by atoms with E-state index in [0.717, 1.165) is 18.8 Å². The third kappa shape index (κ3) is 4.10. The van der Waals surface area contributed by atoms with E-state index in [1.807, 2.05) is 33.0 Å². The minimum absolute atomic E-state index is 0.151. The zero-order valence-electron chi connectivity index (χ0n) is 8.58. The lowest BCUT2D eigenvalue weighted by molar-refractivity contribution is 0.245. The highest BCUT2D eigenvalue weighted by Gasteiger charge is 2.14. The fourth-order valence-electron chi connectivity index (χ4n) is 1.42.